The Bertz CT molecular complexity index is 1810. The van der Waals surface area contributed by atoms with E-state index in [2.05, 4.69) is 4.90 Å². The first-order valence-electron chi connectivity index (χ1n) is 14.2. The summed E-state index contributed by atoms with van der Waals surface area (Å²) in [4.78, 5) is 28.8. The van der Waals surface area contributed by atoms with E-state index in [1.54, 1.807) is 4.40 Å². The number of carbonyl (C=O) groups is 1. The summed E-state index contributed by atoms with van der Waals surface area (Å²) in [5.41, 5.74) is 3.06. The maximum absolute atomic E-state index is 14.1. The van der Waals surface area contributed by atoms with Gasteiger partial charge in [0.15, 0.2) is 0 Å². The molecule has 0 unspecified atom stereocenters. The second-order valence-electron chi connectivity index (χ2n) is 10.5. The fourth-order valence-electron chi connectivity index (χ4n) is 5.47. The van der Waals surface area contributed by atoms with Crippen LogP contribution in [0.1, 0.15) is 24.0 Å². The maximum Gasteiger partial charge on any atom is 0.416 e. The van der Waals surface area contributed by atoms with Gasteiger partial charge in [0.1, 0.15) is 6.61 Å². The Labute approximate surface area is 245 Å². The van der Waals surface area contributed by atoms with Crippen molar-refractivity contribution < 1.29 is 27.4 Å². The minimum atomic E-state index is -4.47. The average molecular weight is 590 g/mol. The minimum absolute atomic E-state index is 0.0807. The topological polar surface area (TPSA) is 65.2 Å². The van der Waals surface area contributed by atoms with Crippen LogP contribution in [-0.2, 0) is 33.6 Å². The van der Waals surface area contributed by atoms with Crippen molar-refractivity contribution in [3.8, 4) is 11.3 Å². The van der Waals surface area contributed by atoms with Gasteiger partial charge in [-0.25, -0.2) is 4.79 Å². The van der Waals surface area contributed by atoms with E-state index in [1.165, 1.54) is 16.7 Å². The smallest absolute Gasteiger partial charge is 0.416 e. The summed E-state index contributed by atoms with van der Waals surface area (Å²) in [5, 5.41) is 0.870. The lowest BCUT2D eigenvalue weighted by Crippen LogP contribution is -2.36. The van der Waals surface area contributed by atoms with Gasteiger partial charge in [0.2, 0.25) is 0 Å². The summed E-state index contributed by atoms with van der Waals surface area (Å²) in [6.45, 7) is 3.08. The first kappa shape index (κ1) is 28.5. The fourth-order valence-corrected chi connectivity index (χ4v) is 5.47. The van der Waals surface area contributed by atoms with Crippen LogP contribution in [0.15, 0.2) is 89.7 Å². The van der Waals surface area contributed by atoms with E-state index < -0.39 is 17.7 Å². The molecule has 0 amide bonds. The highest BCUT2D eigenvalue weighted by Gasteiger charge is 2.30. The zero-order valence-electron chi connectivity index (χ0n) is 23.3. The van der Waals surface area contributed by atoms with Crippen molar-refractivity contribution in [2.75, 3.05) is 31.2 Å². The normalized spacial score (nSPS) is 14.0. The third-order valence-electron chi connectivity index (χ3n) is 7.70. The molecule has 3 aromatic carbocycles. The lowest BCUT2D eigenvalue weighted by molar-refractivity contribution is -0.145. The molecule has 3 heterocycles. The van der Waals surface area contributed by atoms with Crippen molar-refractivity contribution in [1.82, 2.24) is 8.97 Å². The number of morpholine rings is 1. The number of ether oxygens (including phenoxy) is 2. The molecule has 0 aliphatic carbocycles. The third kappa shape index (κ3) is 6.15. The van der Waals surface area contributed by atoms with E-state index in [0.717, 1.165) is 47.4 Å². The largest absolute Gasteiger partial charge is 0.461 e. The average Bonchev–Trinajstić information content (AvgIpc) is 3.39. The molecule has 0 atom stereocenters. The highest BCUT2D eigenvalue weighted by atomic mass is 19.4. The van der Waals surface area contributed by atoms with Gasteiger partial charge < -0.3 is 14.4 Å². The van der Waals surface area contributed by atoms with Crippen LogP contribution in [0.4, 0.5) is 18.9 Å². The van der Waals surface area contributed by atoms with Gasteiger partial charge in [-0.05, 0) is 53.9 Å². The van der Waals surface area contributed by atoms with E-state index in [4.69, 9.17) is 9.47 Å². The predicted octanol–water partition coefficient (Wildman–Crippen LogP) is 6.30. The summed E-state index contributed by atoms with van der Waals surface area (Å²) in [6.07, 6.45) is -4.08. The van der Waals surface area contributed by atoms with Crippen molar-refractivity contribution in [2.24, 2.45) is 0 Å². The number of hydrogen-bond acceptors (Lipinski definition) is 5. The molecule has 1 aliphatic heterocycles. The number of halogens is 3. The number of rotatable bonds is 8. The molecular weight excluding hydrogens is 559 g/mol. The molecule has 1 saturated heterocycles. The van der Waals surface area contributed by atoms with Gasteiger partial charge >= 0.3 is 17.8 Å². The molecule has 0 N–H and O–H groups in total. The number of benzene rings is 3. The summed E-state index contributed by atoms with van der Waals surface area (Å²) in [7, 11) is 0. The highest BCUT2D eigenvalue weighted by molar-refractivity contribution is 5.90. The molecule has 6 rings (SSSR count). The number of alkyl halides is 3. The van der Waals surface area contributed by atoms with Crippen molar-refractivity contribution in [3.63, 3.8) is 0 Å². The molecular formula is C33H30F3N3O4. The molecule has 0 bridgehead atoms. The van der Waals surface area contributed by atoms with Crippen LogP contribution in [-0.4, -0.2) is 41.2 Å². The molecule has 10 heteroatoms. The lowest BCUT2D eigenvalue weighted by Gasteiger charge is -2.28. The standard InChI is InChI=1S/C33H30F3N3O4/c34-33(35,36)26-11-8-24(9-12-26)29-21-28-19-25-10-13-27(37-15-17-42-18-16-37)20-30(25)39(28)32(41)38(29)14-4-7-31(40)43-22-23-5-2-1-3-6-23/h1-3,5-6,8-13,19-21H,4,7,14-18,22H2. The van der Waals surface area contributed by atoms with Crippen LogP contribution >= 0.6 is 0 Å². The first-order valence-corrected chi connectivity index (χ1v) is 14.2. The number of aromatic nitrogens is 2. The highest BCUT2D eigenvalue weighted by Crippen LogP contribution is 2.32. The van der Waals surface area contributed by atoms with Gasteiger partial charge in [0.05, 0.1) is 35.5 Å². The Morgan fingerprint density at radius 1 is 0.907 bits per heavy atom. The predicted molar refractivity (Wildman–Crippen MR) is 158 cm³/mol. The SMILES string of the molecule is O=C(CCCn1c(-c2ccc(C(F)(F)F)cc2)cc2cc3ccc(N4CCOCC4)cc3n2c1=O)OCc1ccccc1. The molecule has 0 spiro atoms. The summed E-state index contributed by atoms with van der Waals surface area (Å²) in [6, 6.07) is 23.8. The molecule has 0 radical (unpaired) electrons. The van der Waals surface area contributed by atoms with E-state index in [0.29, 0.717) is 36.4 Å². The second kappa shape index (κ2) is 12.0. The Kier molecular flexibility index (Phi) is 7.94. The van der Waals surface area contributed by atoms with Gasteiger partial charge in [0, 0.05) is 37.1 Å². The summed E-state index contributed by atoms with van der Waals surface area (Å²) in [5.74, 6) is -0.393. The van der Waals surface area contributed by atoms with Gasteiger partial charge in [-0.2, -0.15) is 13.2 Å². The molecule has 7 nitrogen and oxygen atoms in total. The summed E-state index contributed by atoms with van der Waals surface area (Å²) < 4.78 is 53.8. The summed E-state index contributed by atoms with van der Waals surface area (Å²) >= 11 is 0. The van der Waals surface area contributed by atoms with Gasteiger partial charge in [-0.15, -0.1) is 0 Å². The van der Waals surface area contributed by atoms with Crippen molar-refractivity contribution in [1.29, 1.82) is 0 Å². The van der Waals surface area contributed by atoms with Crippen molar-refractivity contribution >= 4 is 28.1 Å². The van der Waals surface area contributed by atoms with Crippen LogP contribution in [0.3, 0.4) is 0 Å². The van der Waals surface area contributed by atoms with E-state index in [9.17, 15) is 22.8 Å². The molecule has 5 aromatic rings. The zero-order chi connectivity index (χ0) is 30.0. The molecule has 1 fully saturated rings. The quantitative estimate of drug-likeness (QED) is 0.199. The van der Waals surface area contributed by atoms with Crippen LogP contribution in [0.2, 0.25) is 0 Å². The molecule has 43 heavy (non-hydrogen) atoms. The lowest BCUT2D eigenvalue weighted by atomic mass is 10.1. The maximum atomic E-state index is 14.1. The molecule has 1 aliphatic rings. The van der Waals surface area contributed by atoms with Crippen LogP contribution < -0.4 is 10.6 Å². The number of fused-ring (bicyclic) bond motifs is 3. The molecule has 2 aromatic heterocycles. The fraction of sp³-hybridized carbons (Fsp3) is 0.273. The van der Waals surface area contributed by atoms with E-state index in [-0.39, 0.29) is 25.3 Å². The van der Waals surface area contributed by atoms with E-state index >= 15 is 0 Å². The minimum Gasteiger partial charge on any atom is -0.461 e. The van der Waals surface area contributed by atoms with Crippen LogP contribution in [0.25, 0.3) is 27.7 Å². The monoisotopic (exact) mass is 589 g/mol. The second-order valence-corrected chi connectivity index (χ2v) is 10.5. The van der Waals surface area contributed by atoms with Crippen molar-refractivity contribution in [3.05, 3.63) is 107 Å². The van der Waals surface area contributed by atoms with Crippen LogP contribution in [0.5, 0.6) is 0 Å². The number of nitrogens with zero attached hydrogens (tertiary/aromatic N) is 3. The number of esters is 1. The Hall–Kier alpha value is -4.57. The number of hydrogen-bond donors (Lipinski definition) is 0. The molecule has 222 valence electrons. The van der Waals surface area contributed by atoms with Gasteiger partial charge in [0.25, 0.3) is 0 Å². The third-order valence-corrected chi connectivity index (χ3v) is 7.70. The zero-order valence-corrected chi connectivity index (χ0v) is 23.3. The Morgan fingerprint density at radius 3 is 2.37 bits per heavy atom. The van der Waals surface area contributed by atoms with E-state index in [1.807, 2.05) is 60.7 Å². The first-order chi connectivity index (χ1) is 20.8. The Morgan fingerprint density at radius 2 is 1.65 bits per heavy atom. The van der Waals surface area contributed by atoms with Crippen molar-refractivity contribution in [2.45, 2.75) is 32.2 Å². The molecule has 0 saturated carbocycles. The number of carbonyl (C=O) groups excluding carboxylic acids is 1. The number of anilines is 1. The Balaban J connectivity index is 1.34. The van der Waals surface area contributed by atoms with Gasteiger partial charge in [-0.3, -0.25) is 13.8 Å². The van der Waals surface area contributed by atoms with Gasteiger partial charge in [-0.1, -0.05) is 48.5 Å². The van der Waals surface area contributed by atoms with Crippen LogP contribution in [0, 0.1) is 0 Å².